The molecular formula is C14H18N2O4. The topological polar surface area (TPSA) is 90.7 Å². The van der Waals surface area contributed by atoms with Crippen LogP contribution in [0.25, 0.3) is 0 Å². The Morgan fingerprint density at radius 3 is 2.60 bits per heavy atom. The Balaban J connectivity index is 1.57. The van der Waals surface area contributed by atoms with Gasteiger partial charge in [-0.15, -0.1) is 0 Å². The maximum absolute atomic E-state index is 11.4. The number of anilines is 1. The molecular weight excluding hydrogens is 260 g/mol. The average Bonchev–Trinajstić information content (AvgIpc) is 3.23. The zero-order chi connectivity index (χ0) is 14.4. The number of nitrogens with two attached hydrogens (primary N) is 1. The third-order valence-corrected chi connectivity index (χ3v) is 2.76. The van der Waals surface area contributed by atoms with Gasteiger partial charge in [-0.05, 0) is 37.1 Å². The monoisotopic (exact) mass is 278 g/mol. The molecule has 0 unspecified atom stereocenters. The van der Waals surface area contributed by atoms with Gasteiger partial charge in [0.2, 0.25) is 0 Å². The van der Waals surface area contributed by atoms with Crippen molar-refractivity contribution in [3.8, 4) is 5.75 Å². The molecule has 0 atom stereocenters. The third kappa shape index (κ3) is 5.17. The fourth-order valence-electron chi connectivity index (χ4n) is 1.53. The van der Waals surface area contributed by atoms with Crippen LogP contribution in [0, 0.1) is 0 Å². The maximum Gasteiger partial charge on any atom is 0.309 e. The quantitative estimate of drug-likeness (QED) is 0.570. The van der Waals surface area contributed by atoms with Crippen LogP contribution in [0.2, 0.25) is 0 Å². The highest BCUT2D eigenvalue weighted by Crippen LogP contribution is 2.18. The molecule has 0 heterocycles. The summed E-state index contributed by atoms with van der Waals surface area (Å²) in [7, 11) is 0. The van der Waals surface area contributed by atoms with E-state index in [1.165, 1.54) is 0 Å². The van der Waals surface area contributed by atoms with Crippen LogP contribution >= 0.6 is 0 Å². The standard InChI is InChI=1S/C14H18N2O4/c15-10-1-5-12(6-2-10)19-8-7-14(18)20-9-13(17)16-11-3-4-11/h1-2,5-6,11H,3-4,7-9,15H2,(H,16,17). The number of nitrogens with one attached hydrogen (secondary N) is 1. The lowest BCUT2D eigenvalue weighted by Crippen LogP contribution is -2.30. The van der Waals surface area contributed by atoms with Crippen molar-refractivity contribution in [1.29, 1.82) is 0 Å². The molecule has 0 bridgehead atoms. The summed E-state index contributed by atoms with van der Waals surface area (Å²) >= 11 is 0. The van der Waals surface area contributed by atoms with Crippen molar-refractivity contribution in [3.63, 3.8) is 0 Å². The highest BCUT2D eigenvalue weighted by Gasteiger charge is 2.23. The van der Waals surface area contributed by atoms with Crippen molar-refractivity contribution >= 4 is 17.6 Å². The predicted octanol–water partition coefficient (Wildman–Crippen LogP) is 0.859. The summed E-state index contributed by atoms with van der Waals surface area (Å²) in [6.45, 7) is -0.0236. The summed E-state index contributed by atoms with van der Waals surface area (Å²) in [4.78, 5) is 22.7. The van der Waals surface area contributed by atoms with Crippen molar-refractivity contribution in [3.05, 3.63) is 24.3 Å². The molecule has 1 aromatic rings. The summed E-state index contributed by atoms with van der Waals surface area (Å²) in [5.41, 5.74) is 6.19. The summed E-state index contributed by atoms with van der Waals surface area (Å²) in [6.07, 6.45) is 2.12. The van der Waals surface area contributed by atoms with Gasteiger partial charge in [-0.2, -0.15) is 0 Å². The van der Waals surface area contributed by atoms with E-state index >= 15 is 0 Å². The lowest BCUT2D eigenvalue weighted by atomic mass is 10.3. The van der Waals surface area contributed by atoms with E-state index in [1.54, 1.807) is 24.3 Å². The zero-order valence-corrected chi connectivity index (χ0v) is 11.1. The van der Waals surface area contributed by atoms with E-state index in [9.17, 15) is 9.59 Å². The second-order valence-electron chi connectivity index (χ2n) is 4.67. The second kappa shape index (κ2) is 6.79. The van der Waals surface area contributed by atoms with Crippen LogP contribution in [0.5, 0.6) is 5.75 Å². The van der Waals surface area contributed by atoms with E-state index in [0.29, 0.717) is 11.4 Å². The van der Waals surface area contributed by atoms with Gasteiger partial charge in [0.05, 0.1) is 13.0 Å². The molecule has 1 aliphatic rings. The van der Waals surface area contributed by atoms with E-state index in [0.717, 1.165) is 12.8 Å². The molecule has 1 amide bonds. The van der Waals surface area contributed by atoms with Crippen molar-refractivity contribution in [2.24, 2.45) is 0 Å². The van der Waals surface area contributed by atoms with Gasteiger partial charge in [-0.1, -0.05) is 0 Å². The second-order valence-corrected chi connectivity index (χ2v) is 4.67. The first kappa shape index (κ1) is 14.2. The molecule has 108 valence electrons. The molecule has 0 aliphatic heterocycles. The molecule has 2 rings (SSSR count). The molecule has 6 heteroatoms. The van der Waals surface area contributed by atoms with Crippen molar-refractivity contribution in [1.82, 2.24) is 5.32 Å². The number of hydrogen-bond donors (Lipinski definition) is 2. The lowest BCUT2D eigenvalue weighted by molar-refractivity contribution is -0.149. The van der Waals surface area contributed by atoms with Crippen molar-refractivity contribution in [2.45, 2.75) is 25.3 Å². The normalized spacial score (nSPS) is 13.6. The van der Waals surface area contributed by atoms with E-state index < -0.39 is 5.97 Å². The SMILES string of the molecule is Nc1ccc(OCCC(=O)OCC(=O)NC2CC2)cc1. The molecule has 1 saturated carbocycles. The Kier molecular flexibility index (Phi) is 4.81. The molecule has 1 fully saturated rings. The first-order valence-electron chi connectivity index (χ1n) is 6.57. The maximum atomic E-state index is 11.4. The van der Waals surface area contributed by atoms with Crippen molar-refractivity contribution < 1.29 is 19.1 Å². The molecule has 1 aromatic carbocycles. The Hall–Kier alpha value is -2.24. The van der Waals surface area contributed by atoms with Gasteiger partial charge in [0.1, 0.15) is 5.75 Å². The molecule has 0 radical (unpaired) electrons. The zero-order valence-electron chi connectivity index (χ0n) is 11.1. The fourth-order valence-corrected chi connectivity index (χ4v) is 1.53. The molecule has 0 saturated heterocycles. The highest BCUT2D eigenvalue weighted by molar-refractivity contribution is 5.80. The molecule has 3 N–H and O–H groups in total. The van der Waals surface area contributed by atoms with E-state index in [1.807, 2.05) is 0 Å². The number of amides is 1. The van der Waals surface area contributed by atoms with Gasteiger partial charge in [0, 0.05) is 11.7 Å². The van der Waals surface area contributed by atoms with Gasteiger partial charge >= 0.3 is 5.97 Å². The smallest absolute Gasteiger partial charge is 0.309 e. The van der Waals surface area contributed by atoms with Crippen LogP contribution in [0.4, 0.5) is 5.69 Å². The lowest BCUT2D eigenvalue weighted by Gasteiger charge is -2.07. The Bertz CT molecular complexity index is 469. The summed E-state index contributed by atoms with van der Waals surface area (Å²) in [6, 6.07) is 7.16. The van der Waals surface area contributed by atoms with Gasteiger partial charge in [-0.3, -0.25) is 9.59 Å². The fraction of sp³-hybridized carbons (Fsp3) is 0.429. The van der Waals surface area contributed by atoms with Gasteiger partial charge < -0.3 is 20.5 Å². The van der Waals surface area contributed by atoms with Gasteiger partial charge in [0.15, 0.2) is 6.61 Å². The third-order valence-electron chi connectivity index (χ3n) is 2.76. The molecule has 20 heavy (non-hydrogen) atoms. The number of carbonyl (C=O) groups is 2. The minimum Gasteiger partial charge on any atom is -0.493 e. The van der Waals surface area contributed by atoms with Gasteiger partial charge in [0.25, 0.3) is 5.91 Å². The molecule has 1 aliphatic carbocycles. The van der Waals surface area contributed by atoms with E-state index in [-0.39, 0.29) is 31.6 Å². The predicted molar refractivity (Wildman–Crippen MR) is 73.1 cm³/mol. The number of benzene rings is 1. The van der Waals surface area contributed by atoms with Crippen LogP contribution in [0.3, 0.4) is 0 Å². The van der Waals surface area contributed by atoms with Crippen LogP contribution in [0.15, 0.2) is 24.3 Å². The Morgan fingerprint density at radius 2 is 1.95 bits per heavy atom. The van der Waals surface area contributed by atoms with Crippen LogP contribution in [-0.2, 0) is 14.3 Å². The van der Waals surface area contributed by atoms with Crippen LogP contribution in [-0.4, -0.2) is 31.1 Å². The number of rotatable bonds is 7. The first-order valence-corrected chi connectivity index (χ1v) is 6.57. The Labute approximate surface area is 117 Å². The van der Waals surface area contributed by atoms with Crippen molar-refractivity contribution in [2.75, 3.05) is 18.9 Å². The highest BCUT2D eigenvalue weighted by atomic mass is 16.5. The Morgan fingerprint density at radius 1 is 1.25 bits per heavy atom. The van der Waals surface area contributed by atoms with E-state index in [2.05, 4.69) is 5.32 Å². The molecule has 6 nitrogen and oxygen atoms in total. The number of carbonyl (C=O) groups excluding carboxylic acids is 2. The first-order chi connectivity index (χ1) is 9.63. The number of ether oxygens (including phenoxy) is 2. The van der Waals surface area contributed by atoms with Crippen LogP contribution < -0.4 is 15.8 Å². The van der Waals surface area contributed by atoms with E-state index in [4.69, 9.17) is 15.2 Å². The largest absolute Gasteiger partial charge is 0.493 e. The summed E-state index contributed by atoms with van der Waals surface area (Å²) < 4.78 is 10.2. The molecule has 0 spiro atoms. The van der Waals surface area contributed by atoms with Gasteiger partial charge in [-0.25, -0.2) is 0 Å². The summed E-state index contributed by atoms with van der Waals surface area (Å²) in [5, 5.41) is 2.74. The number of esters is 1. The number of nitrogen functional groups attached to an aromatic ring is 1. The minimum absolute atomic E-state index is 0.0983. The number of hydrogen-bond acceptors (Lipinski definition) is 5. The van der Waals surface area contributed by atoms with Crippen LogP contribution in [0.1, 0.15) is 19.3 Å². The summed E-state index contributed by atoms with van der Waals surface area (Å²) in [5.74, 6) is -0.0647. The molecule has 0 aromatic heterocycles. The minimum atomic E-state index is -0.452. The average molecular weight is 278 g/mol.